The van der Waals surface area contributed by atoms with E-state index in [2.05, 4.69) is 50.9 Å². The molecule has 7 rings (SSSR count). The lowest BCUT2D eigenvalue weighted by Gasteiger charge is -2.13. The fraction of sp³-hybridized carbons (Fsp3) is 0.0645. The van der Waals surface area contributed by atoms with Crippen molar-refractivity contribution in [2.45, 2.75) is 13.8 Å². The number of rotatable bonds is 3. The first-order valence-corrected chi connectivity index (χ1v) is 12.9. The Labute approximate surface area is 216 Å². The number of halogens is 1. The van der Waals surface area contributed by atoms with Crippen LogP contribution in [-0.2, 0) is 0 Å². The van der Waals surface area contributed by atoms with Gasteiger partial charge in [0.25, 0.3) is 0 Å². The van der Waals surface area contributed by atoms with Gasteiger partial charge in [-0.25, -0.2) is 14.4 Å². The minimum atomic E-state index is -0.245. The Kier molecular flexibility index (Phi) is 4.91. The average molecular weight is 501 g/mol. The molecule has 4 heterocycles. The number of benzene rings is 3. The largest absolute Gasteiger partial charge is 0.292 e. The number of imidazole rings is 1. The van der Waals surface area contributed by atoms with E-state index in [0.717, 1.165) is 70.9 Å². The number of fused-ring (bicyclic) bond motifs is 4. The second-order valence-corrected chi connectivity index (χ2v) is 10.2. The van der Waals surface area contributed by atoms with Crippen LogP contribution in [0.5, 0.6) is 0 Å². The van der Waals surface area contributed by atoms with E-state index in [0.29, 0.717) is 0 Å². The summed E-state index contributed by atoms with van der Waals surface area (Å²) in [5.74, 6) is 0.624. The SMILES string of the molecule is Cc1cc(-n2c(-c3ccc(-c4ccc(F)cc4)c4c3sc3ncccc34)nc3ccccc32)cc(C)n1. The number of thiophene rings is 1. The van der Waals surface area contributed by atoms with Gasteiger partial charge in [0, 0.05) is 38.6 Å². The Morgan fingerprint density at radius 2 is 1.54 bits per heavy atom. The van der Waals surface area contributed by atoms with Crippen LogP contribution in [0.1, 0.15) is 11.4 Å². The Hall–Kier alpha value is -4.42. The average Bonchev–Trinajstić information content (AvgIpc) is 3.47. The molecule has 0 saturated carbocycles. The molecule has 0 unspecified atom stereocenters. The van der Waals surface area contributed by atoms with Crippen molar-refractivity contribution in [3.63, 3.8) is 0 Å². The third-order valence-corrected chi connectivity index (χ3v) is 7.83. The van der Waals surface area contributed by atoms with Gasteiger partial charge in [-0.2, -0.15) is 0 Å². The monoisotopic (exact) mass is 500 g/mol. The maximum atomic E-state index is 13.7. The van der Waals surface area contributed by atoms with Crippen molar-refractivity contribution in [3.8, 4) is 28.2 Å². The lowest BCUT2D eigenvalue weighted by Crippen LogP contribution is -2.00. The number of aryl methyl sites for hydroxylation is 2. The fourth-order valence-corrected chi connectivity index (χ4v) is 6.35. The van der Waals surface area contributed by atoms with Crippen LogP contribution < -0.4 is 0 Å². The van der Waals surface area contributed by atoms with Gasteiger partial charge in [0.2, 0.25) is 0 Å². The third kappa shape index (κ3) is 3.52. The molecule has 3 aromatic carbocycles. The lowest BCUT2D eigenvalue weighted by molar-refractivity contribution is 0.628. The molecule has 0 atom stereocenters. The predicted molar refractivity (Wildman–Crippen MR) is 150 cm³/mol. The van der Waals surface area contributed by atoms with E-state index in [1.54, 1.807) is 11.3 Å². The van der Waals surface area contributed by atoms with E-state index in [4.69, 9.17) is 4.98 Å². The summed E-state index contributed by atoms with van der Waals surface area (Å²) in [6.45, 7) is 4.03. The van der Waals surface area contributed by atoms with Crippen LogP contribution in [0.4, 0.5) is 4.39 Å². The summed E-state index contributed by atoms with van der Waals surface area (Å²) < 4.78 is 17.1. The van der Waals surface area contributed by atoms with Crippen LogP contribution in [0, 0.1) is 19.7 Å². The van der Waals surface area contributed by atoms with Crippen LogP contribution in [0.15, 0.2) is 91.1 Å². The van der Waals surface area contributed by atoms with Crippen molar-refractivity contribution >= 4 is 42.7 Å². The van der Waals surface area contributed by atoms with E-state index in [1.165, 1.54) is 12.1 Å². The summed E-state index contributed by atoms with van der Waals surface area (Å²) in [6, 6.07) is 27.4. The molecule has 0 aliphatic rings. The summed E-state index contributed by atoms with van der Waals surface area (Å²) in [5.41, 5.74) is 7.97. The zero-order chi connectivity index (χ0) is 25.1. The van der Waals surface area contributed by atoms with Crippen molar-refractivity contribution in [1.82, 2.24) is 19.5 Å². The fourth-order valence-electron chi connectivity index (χ4n) is 5.17. The maximum absolute atomic E-state index is 13.7. The van der Waals surface area contributed by atoms with Crippen LogP contribution in [0.2, 0.25) is 0 Å². The van der Waals surface area contributed by atoms with Gasteiger partial charge >= 0.3 is 0 Å². The lowest BCUT2D eigenvalue weighted by atomic mass is 9.97. The van der Waals surface area contributed by atoms with Gasteiger partial charge < -0.3 is 0 Å². The highest BCUT2D eigenvalue weighted by Crippen LogP contribution is 2.44. The van der Waals surface area contributed by atoms with Gasteiger partial charge in [-0.05, 0) is 79.6 Å². The van der Waals surface area contributed by atoms with Crippen LogP contribution >= 0.6 is 11.3 Å². The molecule has 6 heteroatoms. The Bertz CT molecular complexity index is 1950. The van der Waals surface area contributed by atoms with Gasteiger partial charge in [-0.15, -0.1) is 11.3 Å². The number of hydrogen-bond donors (Lipinski definition) is 0. The number of nitrogens with zero attached hydrogens (tertiary/aromatic N) is 4. The smallest absolute Gasteiger partial charge is 0.147 e. The molecule has 4 aromatic heterocycles. The highest BCUT2D eigenvalue weighted by atomic mass is 32.1. The molecule has 0 radical (unpaired) electrons. The van der Waals surface area contributed by atoms with Gasteiger partial charge in [0.1, 0.15) is 16.5 Å². The van der Waals surface area contributed by atoms with Crippen molar-refractivity contribution in [2.24, 2.45) is 0 Å². The first-order valence-electron chi connectivity index (χ1n) is 12.1. The molecule has 0 aliphatic heterocycles. The van der Waals surface area contributed by atoms with Crippen LogP contribution in [0.3, 0.4) is 0 Å². The molecular weight excluding hydrogens is 479 g/mol. The minimum absolute atomic E-state index is 0.245. The summed E-state index contributed by atoms with van der Waals surface area (Å²) >= 11 is 1.66. The zero-order valence-corrected chi connectivity index (χ0v) is 21.1. The standard InChI is InChI=1S/C31H21FN4S/c1-18-16-22(17-19(2)34-18)36-27-8-4-3-7-26(27)35-30(36)25-14-13-23(20-9-11-21(32)12-10-20)28-24-6-5-15-33-31(24)37-29(25)28/h3-17H,1-2H3. The molecule has 7 aromatic rings. The number of pyridine rings is 2. The molecule has 37 heavy (non-hydrogen) atoms. The van der Waals surface area contributed by atoms with Gasteiger partial charge in [-0.3, -0.25) is 9.55 Å². The Morgan fingerprint density at radius 3 is 2.35 bits per heavy atom. The molecule has 0 bridgehead atoms. The molecule has 0 amide bonds. The highest BCUT2D eigenvalue weighted by molar-refractivity contribution is 7.26. The van der Waals surface area contributed by atoms with Crippen LogP contribution in [0.25, 0.3) is 59.5 Å². The summed E-state index contributed by atoms with van der Waals surface area (Å²) in [4.78, 5) is 15.4. The van der Waals surface area contributed by atoms with E-state index in [1.807, 2.05) is 56.4 Å². The molecule has 0 N–H and O–H groups in total. The topological polar surface area (TPSA) is 43.6 Å². The molecule has 0 fully saturated rings. The Morgan fingerprint density at radius 1 is 0.784 bits per heavy atom. The highest BCUT2D eigenvalue weighted by Gasteiger charge is 2.21. The predicted octanol–water partition coefficient (Wildman–Crippen LogP) is 8.27. The molecule has 178 valence electrons. The van der Waals surface area contributed by atoms with Crippen molar-refractivity contribution in [2.75, 3.05) is 0 Å². The molecule has 0 spiro atoms. The van der Waals surface area contributed by atoms with E-state index in [9.17, 15) is 4.39 Å². The Balaban J connectivity index is 1.59. The van der Waals surface area contributed by atoms with Gasteiger partial charge in [0.05, 0.1) is 16.7 Å². The first-order chi connectivity index (χ1) is 18.1. The second-order valence-electron chi connectivity index (χ2n) is 9.20. The van der Waals surface area contributed by atoms with Gasteiger partial charge in [0.15, 0.2) is 0 Å². The van der Waals surface area contributed by atoms with Crippen molar-refractivity contribution < 1.29 is 4.39 Å². The molecular formula is C31H21FN4S. The van der Waals surface area contributed by atoms with Crippen molar-refractivity contribution in [3.05, 3.63) is 108 Å². The second kappa shape index (κ2) is 8.32. The van der Waals surface area contributed by atoms with E-state index < -0.39 is 0 Å². The summed E-state index contributed by atoms with van der Waals surface area (Å²) in [5, 5.41) is 2.19. The summed E-state index contributed by atoms with van der Waals surface area (Å²) in [6.07, 6.45) is 1.83. The quantitative estimate of drug-likeness (QED) is 0.245. The molecule has 0 saturated heterocycles. The van der Waals surface area contributed by atoms with Crippen LogP contribution in [-0.4, -0.2) is 19.5 Å². The third-order valence-electron chi connectivity index (χ3n) is 6.68. The zero-order valence-electron chi connectivity index (χ0n) is 20.2. The maximum Gasteiger partial charge on any atom is 0.147 e. The number of hydrogen-bond acceptors (Lipinski definition) is 4. The number of aromatic nitrogens is 4. The number of para-hydroxylation sites is 2. The molecule has 0 aliphatic carbocycles. The van der Waals surface area contributed by atoms with E-state index >= 15 is 0 Å². The van der Waals surface area contributed by atoms with E-state index in [-0.39, 0.29) is 5.82 Å². The van der Waals surface area contributed by atoms with Crippen molar-refractivity contribution in [1.29, 1.82) is 0 Å². The van der Waals surface area contributed by atoms with Gasteiger partial charge in [-0.1, -0.05) is 30.3 Å². The normalized spacial score (nSPS) is 11.6. The summed E-state index contributed by atoms with van der Waals surface area (Å²) in [7, 11) is 0. The minimum Gasteiger partial charge on any atom is -0.292 e. The first kappa shape index (κ1) is 21.8. The molecule has 4 nitrogen and oxygen atoms in total.